The molecular weight excluding hydrogens is 284 g/mol. The van der Waals surface area contributed by atoms with Crippen molar-refractivity contribution in [2.24, 2.45) is 0 Å². The number of hydrogen-bond donors (Lipinski definition) is 2. The second-order valence-electron chi connectivity index (χ2n) is 4.60. The average molecular weight is 308 g/mol. The zero-order valence-corrected chi connectivity index (χ0v) is 13.6. The number of esters is 1. The lowest BCUT2D eigenvalue weighted by Gasteiger charge is -2.16. The van der Waals surface area contributed by atoms with Crippen molar-refractivity contribution in [2.75, 3.05) is 30.4 Å². The zero-order chi connectivity index (χ0) is 16.5. The van der Waals surface area contributed by atoms with Crippen LogP contribution in [0.25, 0.3) is 0 Å². The summed E-state index contributed by atoms with van der Waals surface area (Å²) in [6.45, 7) is 8.66. The molecule has 6 nitrogen and oxygen atoms in total. The van der Waals surface area contributed by atoms with Crippen molar-refractivity contribution in [3.63, 3.8) is 0 Å². The molecule has 0 aliphatic rings. The quantitative estimate of drug-likeness (QED) is 0.722. The summed E-state index contributed by atoms with van der Waals surface area (Å²) in [7, 11) is 0. The molecular formula is C16H24N2O4. The predicted molar refractivity (Wildman–Crippen MR) is 86.3 cm³/mol. The molecule has 0 unspecified atom stereocenters. The molecule has 6 heteroatoms. The van der Waals surface area contributed by atoms with Gasteiger partial charge in [0.05, 0.1) is 23.5 Å². The van der Waals surface area contributed by atoms with Gasteiger partial charge in [0.15, 0.2) is 0 Å². The Hall–Kier alpha value is -2.08. The van der Waals surface area contributed by atoms with Crippen molar-refractivity contribution in [3.8, 4) is 0 Å². The number of rotatable bonds is 8. The third kappa shape index (κ3) is 5.04. The van der Waals surface area contributed by atoms with E-state index < -0.39 is 12.1 Å². The Morgan fingerprint density at radius 2 is 1.86 bits per heavy atom. The van der Waals surface area contributed by atoms with Crippen molar-refractivity contribution < 1.29 is 19.1 Å². The van der Waals surface area contributed by atoms with E-state index in [1.54, 1.807) is 32.0 Å². The second kappa shape index (κ2) is 9.04. The second-order valence-corrected chi connectivity index (χ2v) is 4.60. The van der Waals surface area contributed by atoms with E-state index in [0.29, 0.717) is 31.0 Å². The zero-order valence-electron chi connectivity index (χ0n) is 13.6. The molecule has 1 amide bonds. The first kappa shape index (κ1) is 18.0. The molecule has 1 atom stereocenters. The van der Waals surface area contributed by atoms with Gasteiger partial charge in [-0.2, -0.15) is 0 Å². The first-order valence-corrected chi connectivity index (χ1v) is 7.50. The number of carbonyl (C=O) groups excluding carboxylic acids is 2. The smallest absolute Gasteiger partial charge is 0.338 e. The van der Waals surface area contributed by atoms with E-state index in [1.807, 2.05) is 13.8 Å². The summed E-state index contributed by atoms with van der Waals surface area (Å²) in [6, 6.07) is 5.01. The van der Waals surface area contributed by atoms with Gasteiger partial charge < -0.3 is 20.1 Å². The van der Waals surface area contributed by atoms with Gasteiger partial charge in [-0.15, -0.1) is 0 Å². The molecule has 0 saturated carbocycles. The number of anilines is 2. The van der Waals surface area contributed by atoms with Crippen LogP contribution in [0, 0.1) is 0 Å². The summed E-state index contributed by atoms with van der Waals surface area (Å²) in [5.41, 5.74) is 1.67. The van der Waals surface area contributed by atoms with E-state index in [4.69, 9.17) is 9.47 Å². The average Bonchev–Trinajstić information content (AvgIpc) is 2.49. The van der Waals surface area contributed by atoms with Crippen molar-refractivity contribution >= 4 is 23.3 Å². The Morgan fingerprint density at radius 3 is 2.45 bits per heavy atom. The Bertz CT molecular complexity index is 517. The fourth-order valence-corrected chi connectivity index (χ4v) is 1.89. The number of carbonyl (C=O) groups is 2. The van der Waals surface area contributed by atoms with Crippen molar-refractivity contribution in [2.45, 2.75) is 33.8 Å². The van der Waals surface area contributed by atoms with Gasteiger partial charge >= 0.3 is 5.97 Å². The molecule has 0 aliphatic heterocycles. The minimum atomic E-state index is -0.564. The maximum Gasteiger partial charge on any atom is 0.338 e. The molecule has 0 spiro atoms. The molecule has 0 radical (unpaired) electrons. The summed E-state index contributed by atoms with van der Waals surface area (Å²) in [4.78, 5) is 23.9. The van der Waals surface area contributed by atoms with Crippen molar-refractivity contribution in [1.29, 1.82) is 0 Å². The van der Waals surface area contributed by atoms with E-state index >= 15 is 0 Å². The van der Waals surface area contributed by atoms with Crippen LogP contribution in [0.1, 0.15) is 38.1 Å². The van der Waals surface area contributed by atoms with Gasteiger partial charge in [0.1, 0.15) is 6.10 Å². The van der Waals surface area contributed by atoms with Crippen LogP contribution in [0.4, 0.5) is 11.4 Å². The monoisotopic (exact) mass is 308 g/mol. The lowest BCUT2D eigenvalue weighted by Crippen LogP contribution is -2.28. The van der Waals surface area contributed by atoms with Crippen LogP contribution < -0.4 is 10.6 Å². The van der Waals surface area contributed by atoms with Gasteiger partial charge in [-0.3, -0.25) is 4.79 Å². The van der Waals surface area contributed by atoms with Gasteiger partial charge in [-0.1, -0.05) is 0 Å². The van der Waals surface area contributed by atoms with Gasteiger partial charge in [-0.05, 0) is 45.9 Å². The summed E-state index contributed by atoms with van der Waals surface area (Å²) in [5.74, 6) is -0.680. The van der Waals surface area contributed by atoms with E-state index in [-0.39, 0.29) is 5.91 Å². The fourth-order valence-electron chi connectivity index (χ4n) is 1.89. The van der Waals surface area contributed by atoms with Crippen molar-refractivity contribution in [1.82, 2.24) is 0 Å². The molecule has 0 bridgehead atoms. The van der Waals surface area contributed by atoms with E-state index in [0.717, 1.165) is 5.69 Å². The third-order valence-corrected chi connectivity index (χ3v) is 2.94. The molecule has 1 aromatic rings. The van der Waals surface area contributed by atoms with E-state index in [2.05, 4.69) is 10.6 Å². The van der Waals surface area contributed by atoms with Crippen LogP contribution in [0.5, 0.6) is 0 Å². The van der Waals surface area contributed by atoms with Gasteiger partial charge in [0.25, 0.3) is 5.91 Å². The largest absolute Gasteiger partial charge is 0.462 e. The molecule has 122 valence electrons. The van der Waals surface area contributed by atoms with Crippen LogP contribution in [0.3, 0.4) is 0 Å². The first-order valence-electron chi connectivity index (χ1n) is 7.50. The highest BCUT2D eigenvalue weighted by Crippen LogP contribution is 2.24. The molecule has 1 rings (SSSR count). The minimum Gasteiger partial charge on any atom is -0.462 e. The Balaban J connectivity index is 2.99. The summed E-state index contributed by atoms with van der Waals surface area (Å²) >= 11 is 0. The highest BCUT2D eigenvalue weighted by atomic mass is 16.5. The molecule has 0 saturated heterocycles. The highest BCUT2D eigenvalue weighted by Gasteiger charge is 2.16. The molecule has 0 aliphatic carbocycles. The molecule has 2 N–H and O–H groups in total. The van der Waals surface area contributed by atoms with Gasteiger partial charge in [0.2, 0.25) is 0 Å². The number of benzene rings is 1. The summed E-state index contributed by atoms with van der Waals surface area (Å²) in [6.07, 6.45) is -0.564. The molecule has 0 heterocycles. The van der Waals surface area contributed by atoms with Crippen LogP contribution in [0.15, 0.2) is 18.2 Å². The van der Waals surface area contributed by atoms with Gasteiger partial charge in [0, 0.05) is 13.2 Å². The maximum atomic E-state index is 12.1. The number of ether oxygens (including phenoxy) is 2. The predicted octanol–water partition coefficient (Wildman–Crippen LogP) is 2.66. The minimum absolute atomic E-state index is 0.262. The normalized spacial score (nSPS) is 11.6. The Labute approximate surface area is 131 Å². The first-order chi connectivity index (χ1) is 10.5. The molecule has 1 aromatic carbocycles. The SMILES string of the molecule is CCNc1ccc(C(=O)OCC)cc1NC(=O)[C@@H](C)OCC. The Kier molecular flexibility index (Phi) is 7.39. The number of nitrogens with one attached hydrogen (secondary N) is 2. The molecule has 0 aromatic heterocycles. The maximum absolute atomic E-state index is 12.1. The van der Waals surface area contributed by atoms with Crippen LogP contribution in [-0.2, 0) is 14.3 Å². The third-order valence-electron chi connectivity index (χ3n) is 2.94. The highest BCUT2D eigenvalue weighted by molar-refractivity contribution is 5.99. The standard InChI is InChI=1S/C16H24N2O4/c1-5-17-13-9-8-12(16(20)22-7-3)10-14(13)18-15(19)11(4)21-6-2/h8-11,17H,5-7H2,1-4H3,(H,18,19)/t11-/m1/s1. The molecule has 22 heavy (non-hydrogen) atoms. The van der Waals surface area contributed by atoms with Crippen molar-refractivity contribution in [3.05, 3.63) is 23.8 Å². The van der Waals surface area contributed by atoms with Crippen LogP contribution in [-0.4, -0.2) is 37.7 Å². The number of hydrogen-bond acceptors (Lipinski definition) is 5. The van der Waals surface area contributed by atoms with Crippen LogP contribution >= 0.6 is 0 Å². The van der Waals surface area contributed by atoms with E-state index in [9.17, 15) is 9.59 Å². The topological polar surface area (TPSA) is 76.7 Å². The fraction of sp³-hybridized carbons (Fsp3) is 0.500. The van der Waals surface area contributed by atoms with Gasteiger partial charge in [-0.25, -0.2) is 4.79 Å². The lowest BCUT2D eigenvalue weighted by molar-refractivity contribution is -0.126. The lowest BCUT2D eigenvalue weighted by atomic mass is 10.1. The molecule has 0 fully saturated rings. The summed E-state index contributed by atoms with van der Waals surface area (Å²) < 4.78 is 10.2. The van der Waals surface area contributed by atoms with E-state index in [1.165, 1.54) is 0 Å². The Morgan fingerprint density at radius 1 is 1.14 bits per heavy atom. The van der Waals surface area contributed by atoms with Crippen LogP contribution in [0.2, 0.25) is 0 Å². The number of amides is 1. The summed E-state index contributed by atoms with van der Waals surface area (Å²) in [5, 5.41) is 5.93.